The van der Waals surface area contributed by atoms with E-state index in [1.54, 1.807) is 27.7 Å². The van der Waals surface area contributed by atoms with Gasteiger partial charge in [-0.1, -0.05) is 41.5 Å². The monoisotopic (exact) mass is 696 g/mol. The first-order valence-corrected chi connectivity index (χ1v) is 16.4. The summed E-state index contributed by atoms with van der Waals surface area (Å²) in [6, 6.07) is 0. The van der Waals surface area contributed by atoms with Gasteiger partial charge >= 0.3 is 0 Å². The van der Waals surface area contributed by atoms with Gasteiger partial charge in [0.05, 0.1) is 25.0 Å². The molecule has 2 atom stereocenters. The molecule has 5 N–H and O–H groups in total. The van der Waals surface area contributed by atoms with Crippen molar-refractivity contribution < 1.29 is 59.0 Å². The van der Waals surface area contributed by atoms with E-state index >= 15 is 0 Å². The van der Waals surface area contributed by atoms with Gasteiger partial charge < -0.3 is 35.0 Å². The number of hydrogen-bond donors (Lipinski definition) is 5. The number of ether oxygens (including phenoxy) is 2. The number of methoxy groups -OCH3 is 2. The van der Waals surface area contributed by atoms with Crippen LogP contribution in [-0.4, -0.2) is 68.7 Å². The molecule has 1 aliphatic carbocycles. The maximum Gasteiger partial charge on any atom is 0.183 e. The maximum absolute atomic E-state index is 14.8. The Morgan fingerprint density at radius 1 is 0.600 bits per heavy atom. The van der Waals surface area contributed by atoms with Gasteiger partial charge in [-0.25, -0.2) is 0 Å². The van der Waals surface area contributed by atoms with Crippen LogP contribution in [0.5, 0.6) is 34.5 Å². The molecule has 50 heavy (non-hydrogen) atoms. The highest BCUT2D eigenvalue weighted by Crippen LogP contribution is 2.54. The van der Waals surface area contributed by atoms with E-state index in [0.717, 1.165) is 0 Å². The van der Waals surface area contributed by atoms with Gasteiger partial charge in [0.15, 0.2) is 28.9 Å². The van der Waals surface area contributed by atoms with Gasteiger partial charge in [0.1, 0.15) is 57.0 Å². The fourth-order valence-corrected chi connectivity index (χ4v) is 6.69. The van der Waals surface area contributed by atoms with Crippen molar-refractivity contribution in [3.05, 3.63) is 44.7 Å². The molecule has 0 aromatic heterocycles. The summed E-state index contributed by atoms with van der Waals surface area (Å²) in [5, 5.41) is 57.3. The van der Waals surface area contributed by atoms with Gasteiger partial charge in [-0.05, 0) is 40.5 Å². The molecule has 12 nitrogen and oxygen atoms in total. The highest BCUT2D eigenvalue weighted by Gasteiger charge is 2.60. The average molecular weight is 697 g/mol. The molecule has 2 unspecified atom stereocenters. The number of aliphatic hydroxyl groups is 1. The highest BCUT2D eigenvalue weighted by molar-refractivity contribution is 6.31. The van der Waals surface area contributed by atoms with Crippen molar-refractivity contribution in [2.75, 3.05) is 14.2 Å². The number of phenolic OH excluding ortho intramolecular Hbond substituents is 4. The Morgan fingerprint density at radius 2 is 0.940 bits per heavy atom. The molecule has 2 aromatic rings. The largest absolute Gasteiger partial charge is 0.510 e. The van der Waals surface area contributed by atoms with E-state index in [0.29, 0.717) is 0 Å². The molecule has 0 radical (unpaired) electrons. The molecule has 0 heterocycles. The van der Waals surface area contributed by atoms with Crippen LogP contribution in [0.1, 0.15) is 98.4 Å². The summed E-state index contributed by atoms with van der Waals surface area (Å²) in [4.78, 5) is 69.3. The smallest absolute Gasteiger partial charge is 0.183 e. The molecule has 0 aliphatic heterocycles. The molecular formula is C38H48O12. The zero-order valence-corrected chi connectivity index (χ0v) is 30.7. The van der Waals surface area contributed by atoms with Crippen LogP contribution < -0.4 is 9.47 Å². The van der Waals surface area contributed by atoms with E-state index in [1.165, 1.54) is 55.8 Å². The van der Waals surface area contributed by atoms with Crippen molar-refractivity contribution in [3.8, 4) is 34.5 Å². The molecule has 1 aliphatic rings. The number of rotatable bonds is 12. The van der Waals surface area contributed by atoms with Crippen LogP contribution in [0, 0.1) is 42.4 Å². The van der Waals surface area contributed by atoms with E-state index in [2.05, 4.69) is 0 Å². The molecule has 2 aromatic carbocycles. The van der Waals surface area contributed by atoms with Crippen molar-refractivity contribution in [2.45, 2.75) is 82.1 Å². The summed E-state index contributed by atoms with van der Waals surface area (Å²) in [5.41, 5.74) is -6.24. The Balaban J connectivity index is 2.44. The average Bonchev–Trinajstić information content (AvgIpc) is 3.05. The Morgan fingerprint density at radius 3 is 1.26 bits per heavy atom. The van der Waals surface area contributed by atoms with Crippen LogP contribution in [0.2, 0.25) is 0 Å². The van der Waals surface area contributed by atoms with Gasteiger partial charge in [-0.15, -0.1) is 0 Å². The minimum Gasteiger partial charge on any atom is -0.510 e. The topological polar surface area (TPSA) is 205 Å². The van der Waals surface area contributed by atoms with E-state index in [-0.39, 0.29) is 44.9 Å². The number of phenols is 4. The number of carbonyl (C=O) groups excluding carboxylic acids is 5. The van der Waals surface area contributed by atoms with Crippen LogP contribution in [0.4, 0.5) is 0 Å². The summed E-state index contributed by atoms with van der Waals surface area (Å²) in [6.45, 7) is 14.6. The molecule has 0 saturated heterocycles. The lowest BCUT2D eigenvalue weighted by Crippen LogP contribution is -2.55. The number of benzene rings is 2. The first-order chi connectivity index (χ1) is 23.0. The minimum absolute atomic E-state index is 0.0501. The Hall–Kier alpha value is -4.87. The molecule has 272 valence electrons. The van der Waals surface area contributed by atoms with Crippen LogP contribution in [-0.2, 0) is 27.2 Å². The zero-order valence-electron chi connectivity index (χ0n) is 30.7. The van der Waals surface area contributed by atoms with Gasteiger partial charge in [0.2, 0.25) is 0 Å². The first-order valence-electron chi connectivity index (χ1n) is 16.4. The van der Waals surface area contributed by atoms with Crippen molar-refractivity contribution in [3.63, 3.8) is 0 Å². The second-order valence-electron chi connectivity index (χ2n) is 14.4. The molecule has 0 saturated carbocycles. The third-order valence-corrected chi connectivity index (χ3v) is 9.73. The molecule has 0 amide bonds. The van der Waals surface area contributed by atoms with E-state index in [1.807, 2.05) is 0 Å². The lowest BCUT2D eigenvalue weighted by Gasteiger charge is -2.42. The first kappa shape index (κ1) is 39.6. The number of aromatic hydroxyl groups is 4. The van der Waals surface area contributed by atoms with Crippen LogP contribution >= 0.6 is 0 Å². The fraction of sp³-hybridized carbons (Fsp3) is 0.500. The van der Waals surface area contributed by atoms with E-state index < -0.39 is 105 Å². The Kier molecular flexibility index (Phi) is 10.9. The Labute approximate surface area is 291 Å². The Bertz CT molecular complexity index is 1840. The molecule has 3 rings (SSSR count). The number of Topliss-reactive ketones (excluding diaryl/α,β-unsaturated/α-hetero) is 5. The zero-order chi connectivity index (χ0) is 38.5. The lowest BCUT2D eigenvalue weighted by atomic mass is 9.57. The SMILES string of the molecule is COc1c(C)c(O)c(CC2(C)C(=O)C(C(=O)C(C)C)=C(O)C(C)(Cc3c(O)c(C)c(OC)c(C(=O)C(C)C)c3O)C2=O)c(O)c1C(=O)C(C)C. The minimum atomic E-state index is -2.27. The van der Waals surface area contributed by atoms with Crippen LogP contribution in [0.3, 0.4) is 0 Å². The number of aliphatic hydroxyl groups excluding tert-OH is 1. The third kappa shape index (κ3) is 5.98. The lowest BCUT2D eigenvalue weighted by molar-refractivity contribution is -0.147. The molecule has 0 fully saturated rings. The predicted molar refractivity (Wildman–Crippen MR) is 184 cm³/mol. The standard InChI is InChI=1S/C38H48O12/c1-15(2)25(39)22-30(44)20(28(42)18(7)32(22)49-11)13-37(9)34(46)24(27(41)17(5)6)35(47)38(10,36(37)48)14-21-29(43)19(8)33(50-12)23(31(21)45)26(40)16(3)4/h15-17,42-46H,13-14H2,1-12H3. The molecule has 0 bridgehead atoms. The van der Waals surface area contributed by atoms with Gasteiger partial charge in [0.25, 0.3) is 0 Å². The second-order valence-corrected chi connectivity index (χ2v) is 14.4. The fourth-order valence-electron chi connectivity index (χ4n) is 6.69. The van der Waals surface area contributed by atoms with Crippen molar-refractivity contribution in [1.82, 2.24) is 0 Å². The summed E-state index contributed by atoms with van der Waals surface area (Å²) >= 11 is 0. The summed E-state index contributed by atoms with van der Waals surface area (Å²) in [6.07, 6.45) is -1.41. The highest BCUT2D eigenvalue weighted by atomic mass is 16.5. The molecule has 0 spiro atoms. The predicted octanol–water partition coefficient (Wildman–Crippen LogP) is 5.81. The van der Waals surface area contributed by atoms with E-state index in [9.17, 15) is 49.5 Å². The third-order valence-electron chi connectivity index (χ3n) is 9.73. The van der Waals surface area contributed by atoms with Crippen molar-refractivity contribution in [1.29, 1.82) is 0 Å². The summed E-state index contributed by atoms with van der Waals surface area (Å²) in [7, 11) is 2.51. The van der Waals surface area contributed by atoms with Crippen molar-refractivity contribution >= 4 is 28.9 Å². The summed E-state index contributed by atoms with van der Waals surface area (Å²) < 4.78 is 10.7. The molecular weight excluding hydrogens is 648 g/mol. The van der Waals surface area contributed by atoms with Crippen LogP contribution in [0.25, 0.3) is 0 Å². The second kappa shape index (κ2) is 13.8. The molecule has 12 heteroatoms. The van der Waals surface area contributed by atoms with E-state index in [4.69, 9.17) is 9.47 Å². The normalized spacial score (nSPS) is 19.5. The van der Waals surface area contributed by atoms with Crippen LogP contribution in [0.15, 0.2) is 11.3 Å². The van der Waals surface area contributed by atoms with Gasteiger partial charge in [-0.3, -0.25) is 24.0 Å². The van der Waals surface area contributed by atoms with Gasteiger partial charge in [-0.2, -0.15) is 0 Å². The van der Waals surface area contributed by atoms with Crippen molar-refractivity contribution in [2.24, 2.45) is 28.6 Å². The number of hydrogen-bond acceptors (Lipinski definition) is 12. The summed E-state index contributed by atoms with van der Waals surface area (Å²) in [5.74, 6) is -9.66. The number of carbonyl (C=O) groups is 5. The quantitative estimate of drug-likeness (QED) is 0.101. The van der Waals surface area contributed by atoms with Gasteiger partial charge in [0, 0.05) is 40.0 Å². The maximum atomic E-state index is 14.8. The number of ketones is 5. The number of allylic oxidation sites excluding steroid dienone is 2.